The van der Waals surface area contributed by atoms with Crippen LogP contribution in [0, 0.1) is 13.8 Å². The predicted molar refractivity (Wildman–Crippen MR) is 129 cm³/mol. The number of rotatable bonds is 5. The van der Waals surface area contributed by atoms with Crippen molar-refractivity contribution in [2.45, 2.75) is 27.3 Å². The monoisotopic (exact) mass is 442 g/mol. The molecule has 3 N–H and O–H groups in total. The minimum absolute atomic E-state index is 0.184. The fourth-order valence-corrected chi connectivity index (χ4v) is 4.29. The molecule has 168 valence electrons. The summed E-state index contributed by atoms with van der Waals surface area (Å²) in [6.45, 7) is 6.80. The van der Waals surface area contributed by atoms with Gasteiger partial charge in [-0.1, -0.05) is 24.3 Å². The van der Waals surface area contributed by atoms with E-state index in [0.717, 1.165) is 33.3 Å². The molecule has 4 aromatic rings. The zero-order valence-electron chi connectivity index (χ0n) is 18.9. The molecule has 0 spiro atoms. The highest BCUT2D eigenvalue weighted by Gasteiger charge is 2.23. The SMILES string of the molecule is CCN(C(=O)C(N)=O)c1ccc(C)c2c1cc(C)n2Cc1cccc(-c2cnccc2O)c1. The van der Waals surface area contributed by atoms with Gasteiger partial charge in [-0.15, -0.1) is 0 Å². The lowest BCUT2D eigenvalue weighted by atomic mass is 10.0. The Hall–Kier alpha value is -4.13. The molecular formula is C26H26N4O3. The van der Waals surface area contributed by atoms with Gasteiger partial charge in [0.1, 0.15) is 5.75 Å². The van der Waals surface area contributed by atoms with E-state index >= 15 is 0 Å². The number of hydrogen-bond acceptors (Lipinski definition) is 4. The van der Waals surface area contributed by atoms with Crippen molar-refractivity contribution in [1.29, 1.82) is 0 Å². The topological polar surface area (TPSA) is 101 Å². The Balaban J connectivity index is 1.80. The molecule has 0 aliphatic heterocycles. The summed E-state index contributed by atoms with van der Waals surface area (Å²) in [5, 5.41) is 11.1. The minimum atomic E-state index is -0.975. The van der Waals surface area contributed by atoms with Crippen LogP contribution >= 0.6 is 0 Å². The predicted octanol–water partition coefficient (Wildman–Crippen LogP) is 3.91. The van der Waals surface area contributed by atoms with E-state index in [-0.39, 0.29) is 5.75 Å². The summed E-state index contributed by atoms with van der Waals surface area (Å²) >= 11 is 0. The number of aryl methyl sites for hydroxylation is 2. The molecule has 0 saturated carbocycles. The highest BCUT2D eigenvalue weighted by molar-refractivity contribution is 6.40. The van der Waals surface area contributed by atoms with E-state index in [4.69, 9.17) is 5.73 Å². The van der Waals surface area contributed by atoms with Crippen LogP contribution in [0.3, 0.4) is 0 Å². The van der Waals surface area contributed by atoms with Crippen molar-refractivity contribution in [2.24, 2.45) is 5.73 Å². The second-order valence-corrected chi connectivity index (χ2v) is 8.04. The van der Waals surface area contributed by atoms with Gasteiger partial charge in [-0.3, -0.25) is 14.6 Å². The molecule has 0 fully saturated rings. The molecular weight excluding hydrogens is 416 g/mol. The third kappa shape index (κ3) is 4.05. The van der Waals surface area contributed by atoms with Crippen LogP contribution in [-0.4, -0.2) is 33.0 Å². The molecule has 0 atom stereocenters. The number of aromatic nitrogens is 2. The number of primary amides is 1. The van der Waals surface area contributed by atoms with E-state index in [9.17, 15) is 14.7 Å². The second kappa shape index (κ2) is 8.78. The molecule has 0 unspecified atom stereocenters. The zero-order chi connectivity index (χ0) is 23.7. The molecule has 0 bridgehead atoms. The third-order valence-corrected chi connectivity index (χ3v) is 5.88. The standard InChI is InChI=1S/C26H26N4O3/c1-4-29(26(33)25(27)32)22-9-8-16(2)24-20(22)12-17(3)30(24)15-18-6-5-7-19(13-18)21-14-28-11-10-23(21)31/h5-14H,4,15H2,1-3H3,(H2,27,32)(H,28,31). The van der Waals surface area contributed by atoms with Crippen molar-refractivity contribution in [3.63, 3.8) is 0 Å². The van der Waals surface area contributed by atoms with Gasteiger partial charge in [0, 0.05) is 42.1 Å². The summed E-state index contributed by atoms with van der Waals surface area (Å²) in [5.74, 6) is -1.52. The second-order valence-electron chi connectivity index (χ2n) is 8.04. The minimum Gasteiger partial charge on any atom is -0.507 e. The van der Waals surface area contributed by atoms with Crippen molar-refractivity contribution < 1.29 is 14.7 Å². The van der Waals surface area contributed by atoms with Crippen molar-refractivity contribution >= 4 is 28.4 Å². The number of fused-ring (bicyclic) bond motifs is 1. The number of anilines is 1. The lowest BCUT2D eigenvalue weighted by Gasteiger charge is -2.21. The molecule has 7 heteroatoms. The average molecular weight is 443 g/mol. The first-order chi connectivity index (χ1) is 15.8. The first kappa shape index (κ1) is 22.1. The maximum absolute atomic E-state index is 12.4. The number of nitrogens with zero attached hydrogens (tertiary/aromatic N) is 3. The van der Waals surface area contributed by atoms with Gasteiger partial charge in [-0.25, -0.2) is 0 Å². The Morgan fingerprint density at radius 2 is 1.91 bits per heavy atom. The fraction of sp³-hybridized carbons (Fsp3) is 0.192. The molecule has 0 aliphatic carbocycles. The highest BCUT2D eigenvalue weighted by atomic mass is 16.3. The molecule has 33 heavy (non-hydrogen) atoms. The molecule has 2 amide bonds. The van der Waals surface area contributed by atoms with Gasteiger partial charge in [-0.2, -0.15) is 0 Å². The van der Waals surface area contributed by atoms with Crippen molar-refractivity contribution in [3.05, 3.63) is 77.7 Å². The average Bonchev–Trinajstić information content (AvgIpc) is 3.12. The molecule has 0 radical (unpaired) electrons. The Labute approximate surface area is 192 Å². The van der Waals surface area contributed by atoms with Crippen LogP contribution in [-0.2, 0) is 16.1 Å². The summed E-state index contributed by atoms with van der Waals surface area (Å²) < 4.78 is 2.19. The van der Waals surface area contributed by atoms with Crippen LogP contribution < -0.4 is 10.6 Å². The van der Waals surface area contributed by atoms with Gasteiger partial charge in [0.25, 0.3) is 0 Å². The Morgan fingerprint density at radius 3 is 2.61 bits per heavy atom. The number of amides is 2. The van der Waals surface area contributed by atoms with Gasteiger partial charge in [0.15, 0.2) is 0 Å². The van der Waals surface area contributed by atoms with Crippen molar-refractivity contribution in [2.75, 3.05) is 11.4 Å². The summed E-state index contributed by atoms with van der Waals surface area (Å²) in [6, 6.07) is 15.4. The molecule has 2 aromatic carbocycles. The molecule has 0 aliphatic rings. The lowest BCUT2D eigenvalue weighted by Crippen LogP contribution is -2.40. The molecule has 2 aromatic heterocycles. The van der Waals surface area contributed by atoms with Gasteiger partial charge in [0.2, 0.25) is 0 Å². The number of aromatic hydroxyl groups is 1. The van der Waals surface area contributed by atoms with Crippen molar-refractivity contribution in [1.82, 2.24) is 9.55 Å². The van der Waals surface area contributed by atoms with Crippen LogP contribution in [0.1, 0.15) is 23.7 Å². The fourth-order valence-electron chi connectivity index (χ4n) is 4.29. The summed E-state index contributed by atoms with van der Waals surface area (Å²) in [5.41, 5.74) is 11.6. The number of carbonyl (C=O) groups is 2. The first-order valence-corrected chi connectivity index (χ1v) is 10.7. The molecule has 4 rings (SSSR count). The lowest BCUT2D eigenvalue weighted by molar-refractivity contribution is -0.135. The highest BCUT2D eigenvalue weighted by Crippen LogP contribution is 2.34. The van der Waals surface area contributed by atoms with Gasteiger partial charge < -0.3 is 20.3 Å². The van der Waals surface area contributed by atoms with Gasteiger partial charge in [0.05, 0.1) is 11.2 Å². The molecule has 2 heterocycles. The van der Waals surface area contributed by atoms with Crippen LogP contribution in [0.5, 0.6) is 5.75 Å². The summed E-state index contributed by atoms with van der Waals surface area (Å²) in [4.78, 5) is 29.5. The number of hydrogen-bond donors (Lipinski definition) is 2. The normalized spacial score (nSPS) is 11.0. The molecule has 0 saturated heterocycles. The summed E-state index contributed by atoms with van der Waals surface area (Å²) in [7, 11) is 0. The largest absolute Gasteiger partial charge is 0.507 e. The van der Waals surface area contributed by atoms with Gasteiger partial charge >= 0.3 is 11.8 Å². The van der Waals surface area contributed by atoms with E-state index in [0.29, 0.717) is 24.3 Å². The maximum atomic E-state index is 12.4. The van der Waals surface area contributed by atoms with Crippen LogP contribution in [0.15, 0.2) is 60.9 Å². The maximum Gasteiger partial charge on any atom is 0.316 e. The smallest absolute Gasteiger partial charge is 0.316 e. The van der Waals surface area contributed by atoms with Crippen LogP contribution in [0.2, 0.25) is 0 Å². The Bertz CT molecular complexity index is 1370. The first-order valence-electron chi connectivity index (χ1n) is 10.7. The quantitative estimate of drug-likeness (QED) is 0.458. The summed E-state index contributed by atoms with van der Waals surface area (Å²) in [6.07, 6.45) is 3.21. The Morgan fingerprint density at radius 1 is 1.12 bits per heavy atom. The van der Waals surface area contributed by atoms with Gasteiger partial charge in [-0.05, 0) is 61.7 Å². The number of pyridine rings is 1. The third-order valence-electron chi connectivity index (χ3n) is 5.88. The zero-order valence-corrected chi connectivity index (χ0v) is 18.9. The number of likely N-dealkylation sites (N-methyl/N-ethyl adjacent to an activating group) is 1. The van der Waals surface area contributed by atoms with E-state index < -0.39 is 11.8 Å². The van der Waals surface area contributed by atoms with E-state index in [1.54, 1.807) is 18.5 Å². The number of benzene rings is 2. The van der Waals surface area contributed by atoms with Crippen molar-refractivity contribution in [3.8, 4) is 16.9 Å². The van der Waals surface area contributed by atoms with Crippen LogP contribution in [0.4, 0.5) is 5.69 Å². The van der Waals surface area contributed by atoms with E-state index in [1.807, 2.05) is 63.2 Å². The van der Waals surface area contributed by atoms with Crippen LogP contribution in [0.25, 0.3) is 22.0 Å². The number of carbonyl (C=O) groups excluding carboxylic acids is 2. The van der Waals surface area contributed by atoms with E-state index in [2.05, 4.69) is 9.55 Å². The number of nitrogens with two attached hydrogens (primary N) is 1. The molecule has 7 nitrogen and oxygen atoms in total. The Kier molecular flexibility index (Phi) is 5.87. The van der Waals surface area contributed by atoms with E-state index in [1.165, 1.54) is 4.90 Å².